The van der Waals surface area contributed by atoms with Crippen LogP contribution in [-0.4, -0.2) is 52.6 Å². The maximum Gasteiger partial charge on any atom is 0.227 e. The van der Waals surface area contributed by atoms with Crippen LogP contribution in [0.3, 0.4) is 0 Å². The molecule has 1 saturated heterocycles. The molecule has 1 aliphatic heterocycles. The number of hydrogen-bond donors (Lipinski definition) is 1. The van der Waals surface area contributed by atoms with Crippen molar-refractivity contribution in [2.24, 2.45) is 0 Å². The minimum atomic E-state index is 0.817. The van der Waals surface area contributed by atoms with Crippen molar-refractivity contribution in [1.29, 1.82) is 0 Å². The first-order chi connectivity index (χ1) is 11.3. The van der Waals surface area contributed by atoms with Gasteiger partial charge in [-0.3, -0.25) is 9.88 Å². The minimum absolute atomic E-state index is 0.817. The summed E-state index contributed by atoms with van der Waals surface area (Å²) in [5.74, 6) is 1.71. The zero-order chi connectivity index (χ0) is 16.1. The normalized spacial score (nSPS) is 15.7. The highest BCUT2D eigenvalue weighted by atomic mass is 15.3. The highest BCUT2D eigenvalue weighted by Gasteiger charge is 2.19. The Balaban J connectivity index is 1.58. The van der Waals surface area contributed by atoms with E-state index in [1.54, 1.807) is 0 Å². The second-order valence-electron chi connectivity index (χ2n) is 5.80. The molecule has 1 aliphatic rings. The molecule has 0 radical (unpaired) electrons. The lowest BCUT2D eigenvalue weighted by molar-refractivity contribution is 0.245. The molecule has 3 heterocycles. The Morgan fingerprint density at radius 3 is 2.65 bits per heavy atom. The number of pyridine rings is 1. The number of anilines is 2. The Morgan fingerprint density at radius 2 is 1.91 bits per heavy atom. The van der Waals surface area contributed by atoms with Crippen molar-refractivity contribution in [2.75, 3.05) is 42.9 Å². The summed E-state index contributed by atoms with van der Waals surface area (Å²) >= 11 is 0. The van der Waals surface area contributed by atoms with Crippen LogP contribution in [0.15, 0.2) is 30.6 Å². The van der Waals surface area contributed by atoms with Crippen molar-refractivity contribution in [3.63, 3.8) is 0 Å². The summed E-state index contributed by atoms with van der Waals surface area (Å²) in [6, 6.07) is 6.02. The highest BCUT2D eigenvalue weighted by molar-refractivity contribution is 5.41. The van der Waals surface area contributed by atoms with Gasteiger partial charge in [-0.15, -0.1) is 0 Å². The molecule has 0 amide bonds. The van der Waals surface area contributed by atoms with Gasteiger partial charge in [-0.05, 0) is 31.5 Å². The van der Waals surface area contributed by atoms with E-state index < -0.39 is 0 Å². The van der Waals surface area contributed by atoms with Gasteiger partial charge in [0.05, 0.1) is 5.69 Å². The fraction of sp³-hybridized carbons (Fsp3) is 0.471. The fourth-order valence-electron chi connectivity index (χ4n) is 2.78. The maximum atomic E-state index is 4.58. The first-order valence-electron chi connectivity index (χ1n) is 8.21. The monoisotopic (exact) mass is 312 g/mol. The Labute approximate surface area is 137 Å². The largest absolute Gasteiger partial charge is 0.370 e. The van der Waals surface area contributed by atoms with Gasteiger partial charge < -0.3 is 10.2 Å². The van der Waals surface area contributed by atoms with E-state index in [4.69, 9.17) is 0 Å². The van der Waals surface area contributed by atoms with Crippen molar-refractivity contribution in [3.05, 3.63) is 41.9 Å². The summed E-state index contributed by atoms with van der Waals surface area (Å²) in [4.78, 5) is 18.2. The summed E-state index contributed by atoms with van der Waals surface area (Å²) in [6.07, 6.45) is 3.70. The van der Waals surface area contributed by atoms with Crippen molar-refractivity contribution in [3.8, 4) is 0 Å². The Kier molecular flexibility index (Phi) is 5.02. The van der Waals surface area contributed by atoms with Gasteiger partial charge in [0.15, 0.2) is 0 Å². The standard InChI is InChI=1S/C17H24N6/c1-3-18-16-6-8-20-17(21-16)23-11-9-22(10-12-23)13-15-14(2)5-4-7-19-15/h4-8H,3,9-13H2,1-2H3,(H,18,20,21). The van der Waals surface area contributed by atoms with Gasteiger partial charge in [-0.25, -0.2) is 4.98 Å². The molecule has 0 aromatic carbocycles. The van der Waals surface area contributed by atoms with Crippen molar-refractivity contribution < 1.29 is 0 Å². The molecule has 0 atom stereocenters. The van der Waals surface area contributed by atoms with Crippen LogP contribution < -0.4 is 10.2 Å². The SMILES string of the molecule is CCNc1ccnc(N2CCN(Cc3ncccc3C)CC2)n1. The van der Waals surface area contributed by atoms with Crippen LogP contribution in [0.4, 0.5) is 11.8 Å². The zero-order valence-electron chi connectivity index (χ0n) is 13.9. The van der Waals surface area contributed by atoms with Crippen LogP contribution in [0.2, 0.25) is 0 Å². The van der Waals surface area contributed by atoms with Crippen molar-refractivity contribution in [2.45, 2.75) is 20.4 Å². The summed E-state index contributed by atoms with van der Waals surface area (Å²) in [5.41, 5.74) is 2.43. The van der Waals surface area contributed by atoms with Crippen molar-refractivity contribution >= 4 is 11.8 Å². The summed E-state index contributed by atoms with van der Waals surface area (Å²) in [6.45, 7) is 9.88. The van der Waals surface area contributed by atoms with E-state index in [2.05, 4.69) is 50.0 Å². The summed E-state index contributed by atoms with van der Waals surface area (Å²) in [5, 5.41) is 3.24. The van der Waals surface area contributed by atoms with E-state index in [0.717, 1.165) is 51.0 Å². The van der Waals surface area contributed by atoms with E-state index in [1.807, 2.05) is 24.5 Å². The smallest absolute Gasteiger partial charge is 0.227 e. The van der Waals surface area contributed by atoms with Crippen LogP contribution >= 0.6 is 0 Å². The molecule has 0 spiro atoms. The van der Waals surface area contributed by atoms with Gasteiger partial charge in [0, 0.05) is 51.7 Å². The van der Waals surface area contributed by atoms with E-state index in [0.29, 0.717) is 0 Å². The highest BCUT2D eigenvalue weighted by Crippen LogP contribution is 2.15. The number of aryl methyl sites for hydroxylation is 1. The molecule has 0 bridgehead atoms. The van der Waals surface area contributed by atoms with E-state index in [-0.39, 0.29) is 0 Å². The predicted molar refractivity (Wildman–Crippen MR) is 92.7 cm³/mol. The number of nitrogens with zero attached hydrogens (tertiary/aromatic N) is 5. The van der Waals surface area contributed by atoms with Crippen LogP contribution in [0, 0.1) is 6.92 Å². The molecule has 122 valence electrons. The molecule has 2 aromatic rings. The van der Waals surface area contributed by atoms with Gasteiger partial charge >= 0.3 is 0 Å². The van der Waals surface area contributed by atoms with E-state index >= 15 is 0 Å². The lowest BCUT2D eigenvalue weighted by Crippen LogP contribution is -2.46. The van der Waals surface area contributed by atoms with Crippen LogP contribution in [0.25, 0.3) is 0 Å². The van der Waals surface area contributed by atoms with Crippen LogP contribution in [0.1, 0.15) is 18.2 Å². The van der Waals surface area contributed by atoms with Gasteiger partial charge in [-0.2, -0.15) is 4.98 Å². The molecule has 0 saturated carbocycles. The fourth-order valence-corrected chi connectivity index (χ4v) is 2.78. The molecule has 0 unspecified atom stereocenters. The Hall–Kier alpha value is -2.21. The average Bonchev–Trinajstić information content (AvgIpc) is 2.58. The number of hydrogen-bond acceptors (Lipinski definition) is 6. The Bertz CT molecular complexity index is 636. The van der Waals surface area contributed by atoms with Crippen molar-refractivity contribution in [1.82, 2.24) is 19.9 Å². The summed E-state index contributed by atoms with van der Waals surface area (Å²) < 4.78 is 0. The molecule has 1 N–H and O–H groups in total. The van der Waals surface area contributed by atoms with Gasteiger partial charge in [0.2, 0.25) is 5.95 Å². The predicted octanol–water partition coefficient (Wildman–Crippen LogP) is 1.93. The van der Waals surface area contributed by atoms with Crippen LogP contribution in [-0.2, 0) is 6.54 Å². The lowest BCUT2D eigenvalue weighted by Gasteiger charge is -2.34. The molecular weight excluding hydrogens is 288 g/mol. The molecular formula is C17H24N6. The van der Waals surface area contributed by atoms with Gasteiger partial charge in [0.1, 0.15) is 5.82 Å². The third-order valence-electron chi connectivity index (χ3n) is 4.15. The number of piperazine rings is 1. The first kappa shape index (κ1) is 15.7. The molecule has 1 fully saturated rings. The molecule has 6 heteroatoms. The molecule has 0 aliphatic carbocycles. The zero-order valence-corrected chi connectivity index (χ0v) is 13.9. The summed E-state index contributed by atoms with van der Waals surface area (Å²) in [7, 11) is 0. The number of nitrogens with one attached hydrogen (secondary N) is 1. The minimum Gasteiger partial charge on any atom is -0.370 e. The average molecular weight is 312 g/mol. The van der Waals surface area contributed by atoms with Gasteiger partial charge in [0.25, 0.3) is 0 Å². The number of aromatic nitrogens is 3. The van der Waals surface area contributed by atoms with Crippen LogP contribution in [0.5, 0.6) is 0 Å². The molecule has 3 rings (SSSR count). The molecule has 2 aromatic heterocycles. The maximum absolute atomic E-state index is 4.58. The quantitative estimate of drug-likeness (QED) is 0.910. The first-order valence-corrected chi connectivity index (χ1v) is 8.21. The Morgan fingerprint density at radius 1 is 1.09 bits per heavy atom. The lowest BCUT2D eigenvalue weighted by atomic mass is 10.2. The molecule has 23 heavy (non-hydrogen) atoms. The second kappa shape index (κ2) is 7.37. The number of rotatable bonds is 5. The molecule has 6 nitrogen and oxygen atoms in total. The second-order valence-corrected chi connectivity index (χ2v) is 5.80. The third-order valence-corrected chi connectivity index (χ3v) is 4.15. The topological polar surface area (TPSA) is 57.2 Å². The van der Waals surface area contributed by atoms with E-state index in [9.17, 15) is 0 Å². The van der Waals surface area contributed by atoms with E-state index in [1.165, 1.54) is 11.3 Å². The van der Waals surface area contributed by atoms with Gasteiger partial charge in [-0.1, -0.05) is 6.07 Å². The third kappa shape index (κ3) is 3.96.